The minimum atomic E-state index is 0. The van der Waals surface area contributed by atoms with E-state index in [1.54, 1.807) is 14.2 Å². The number of guanidine groups is 1. The molecule has 2 rings (SSSR count). The highest BCUT2D eigenvalue weighted by atomic mass is 127. The molecule has 0 aliphatic rings. The van der Waals surface area contributed by atoms with Crippen molar-refractivity contribution in [3.63, 3.8) is 0 Å². The summed E-state index contributed by atoms with van der Waals surface area (Å²) in [7, 11) is 3.55. The van der Waals surface area contributed by atoms with Crippen LogP contribution in [0.4, 0.5) is 0 Å². The molecule has 1 aromatic carbocycles. The van der Waals surface area contributed by atoms with Crippen LogP contribution in [0.2, 0.25) is 0 Å². The van der Waals surface area contributed by atoms with E-state index in [4.69, 9.17) is 4.74 Å². The highest BCUT2D eigenvalue weighted by molar-refractivity contribution is 14.0. The molecule has 162 valence electrons. The van der Waals surface area contributed by atoms with Gasteiger partial charge in [0.25, 0.3) is 0 Å². The highest BCUT2D eigenvalue weighted by Crippen LogP contribution is 2.20. The second-order valence-corrected chi connectivity index (χ2v) is 8.09. The zero-order valence-electron chi connectivity index (χ0n) is 18.5. The summed E-state index contributed by atoms with van der Waals surface area (Å²) in [5.41, 5.74) is 3.53. The summed E-state index contributed by atoms with van der Waals surface area (Å²) in [5, 5.41) is 11.4. The minimum absolute atomic E-state index is 0. The summed E-state index contributed by atoms with van der Waals surface area (Å²) in [5.74, 6) is 0.808. The average Bonchev–Trinajstić information content (AvgIpc) is 3.04. The van der Waals surface area contributed by atoms with E-state index >= 15 is 0 Å². The van der Waals surface area contributed by atoms with Crippen LogP contribution in [0.3, 0.4) is 0 Å². The highest BCUT2D eigenvalue weighted by Gasteiger charge is 2.24. The van der Waals surface area contributed by atoms with Crippen LogP contribution in [0.5, 0.6) is 0 Å². The maximum atomic E-state index is 5.59. The predicted molar refractivity (Wildman–Crippen MR) is 132 cm³/mol. The largest absolute Gasteiger partial charge is 0.379 e. The van der Waals surface area contributed by atoms with E-state index in [0.29, 0.717) is 0 Å². The van der Waals surface area contributed by atoms with Crippen molar-refractivity contribution in [3.05, 3.63) is 47.8 Å². The van der Waals surface area contributed by atoms with Gasteiger partial charge in [-0.25, -0.2) is 4.68 Å². The Hall–Kier alpha value is -1.61. The molecule has 0 aliphatic carbocycles. The normalized spacial score (nSPS) is 13.0. The third-order valence-electron chi connectivity index (χ3n) is 4.87. The number of aromatic nitrogens is 2. The van der Waals surface area contributed by atoms with Crippen LogP contribution in [0, 0.1) is 12.3 Å². The number of methoxy groups -OCH3 is 1. The quantitative estimate of drug-likeness (QED) is 0.243. The Morgan fingerprint density at radius 2 is 1.90 bits per heavy atom. The maximum absolute atomic E-state index is 5.59. The van der Waals surface area contributed by atoms with Crippen LogP contribution in [-0.2, 0) is 11.2 Å². The molecule has 0 saturated heterocycles. The lowest BCUT2D eigenvalue weighted by Gasteiger charge is -2.30. The van der Waals surface area contributed by atoms with Gasteiger partial charge in [0.1, 0.15) is 0 Å². The summed E-state index contributed by atoms with van der Waals surface area (Å²) in [6.07, 6.45) is 4.24. The van der Waals surface area contributed by atoms with E-state index in [1.807, 2.05) is 22.9 Å². The number of halogens is 1. The van der Waals surface area contributed by atoms with Gasteiger partial charge in [-0.15, -0.1) is 24.0 Å². The number of benzene rings is 1. The monoisotopic (exact) mass is 513 g/mol. The molecule has 2 N–H and O–H groups in total. The topological polar surface area (TPSA) is 63.5 Å². The fourth-order valence-corrected chi connectivity index (χ4v) is 3.09. The fraction of sp³-hybridized carbons (Fsp3) is 0.545. The van der Waals surface area contributed by atoms with E-state index in [-0.39, 0.29) is 35.5 Å². The van der Waals surface area contributed by atoms with Crippen molar-refractivity contribution in [2.75, 3.05) is 27.2 Å². The number of ether oxygens (including phenoxy) is 1. The van der Waals surface area contributed by atoms with Gasteiger partial charge in [-0.05, 0) is 42.9 Å². The zero-order valence-corrected chi connectivity index (χ0v) is 20.9. The number of hydrogen-bond donors (Lipinski definition) is 2. The summed E-state index contributed by atoms with van der Waals surface area (Å²) in [6.45, 7) is 10.2. The molecule has 0 spiro atoms. The van der Waals surface area contributed by atoms with Crippen molar-refractivity contribution in [2.45, 2.75) is 46.6 Å². The second kappa shape index (κ2) is 12.2. The van der Waals surface area contributed by atoms with E-state index in [1.165, 1.54) is 5.56 Å². The van der Waals surface area contributed by atoms with Gasteiger partial charge in [-0.1, -0.05) is 39.0 Å². The Labute approximate surface area is 192 Å². The van der Waals surface area contributed by atoms with Crippen molar-refractivity contribution < 1.29 is 4.74 Å². The summed E-state index contributed by atoms with van der Waals surface area (Å²) in [6, 6.07) is 10.2. The Morgan fingerprint density at radius 1 is 1.21 bits per heavy atom. The summed E-state index contributed by atoms with van der Waals surface area (Å²) >= 11 is 0. The van der Waals surface area contributed by atoms with E-state index < -0.39 is 0 Å². The first-order valence-corrected chi connectivity index (χ1v) is 9.93. The van der Waals surface area contributed by atoms with Crippen LogP contribution in [0.25, 0.3) is 5.69 Å². The summed E-state index contributed by atoms with van der Waals surface area (Å²) in [4.78, 5) is 4.30. The number of hydrogen-bond acceptors (Lipinski definition) is 3. The number of aryl methyl sites for hydroxylation is 2. The first kappa shape index (κ1) is 25.4. The van der Waals surface area contributed by atoms with Crippen LogP contribution < -0.4 is 10.6 Å². The second-order valence-electron chi connectivity index (χ2n) is 8.09. The lowest BCUT2D eigenvalue weighted by Crippen LogP contribution is -2.45. The molecule has 0 amide bonds. The van der Waals surface area contributed by atoms with E-state index in [0.717, 1.165) is 43.3 Å². The lowest BCUT2D eigenvalue weighted by molar-refractivity contribution is 0.0205. The molecule has 0 saturated carbocycles. The number of aliphatic imine (C=N–C) groups is 1. The first-order chi connectivity index (χ1) is 13.3. The maximum Gasteiger partial charge on any atom is 0.191 e. The van der Waals surface area contributed by atoms with Gasteiger partial charge in [0.2, 0.25) is 0 Å². The van der Waals surface area contributed by atoms with Crippen molar-refractivity contribution in [1.29, 1.82) is 0 Å². The average molecular weight is 513 g/mol. The molecule has 1 heterocycles. The van der Waals surface area contributed by atoms with E-state index in [2.05, 4.69) is 66.7 Å². The first-order valence-electron chi connectivity index (χ1n) is 9.93. The van der Waals surface area contributed by atoms with Crippen molar-refractivity contribution in [3.8, 4) is 5.69 Å². The number of para-hydroxylation sites is 1. The van der Waals surface area contributed by atoms with Gasteiger partial charge in [-0.2, -0.15) is 5.10 Å². The number of rotatable bonds is 8. The number of nitrogens with one attached hydrogen (secondary N) is 2. The standard InChI is InChI=1S/C22H35N5O.HI/c1-17-18(16-27(26-17)19-12-8-7-9-13-19)11-10-14-24-21(23-5)25-15-20(28-6)22(2,3)4;/h7-9,12-13,16,20H,10-11,14-15H2,1-6H3,(H2,23,24,25);1H. The van der Waals surface area contributed by atoms with Crippen LogP contribution >= 0.6 is 24.0 Å². The fourth-order valence-electron chi connectivity index (χ4n) is 3.09. The van der Waals surface area contributed by atoms with Gasteiger partial charge in [0.05, 0.1) is 17.5 Å². The molecular formula is C22H36IN5O. The SMILES string of the molecule is CN=C(NCCCc1cn(-c2ccccc2)nc1C)NCC(OC)C(C)(C)C.I. The number of nitrogens with zero attached hydrogens (tertiary/aromatic N) is 3. The van der Waals surface area contributed by atoms with Gasteiger partial charge < -0.3 is 15.4 Å². The molecule has 1 aromatic heterocycles. The molecule has 1 atom stereocenters. The van der Waals surface area contributed by atoms with Gasteiger partial charge >= 0.3 is 0 Å². The molecule has 2 aromatic rings. The van der Waals surface area contributed by atoms with Gasteiger partial charge in [-0.3, -0.25) is 4.99 Å². The minimum Gasteiger partial charge on any atom is -0.379 e. The molecule has 29 heavy (non-hydrogen) atoms. The van der Waals surface area contributed by atoms with Crippen LogP contribution in [0.1, 0.15) is 38.4 Å². The molecule has 0 bridgehead atoms. The third kappa shape index (κ3) is 7.97. The van der Waals surface area contributed by atoms with Crippen LogP contribution in [0.15, 0.2) is 41.5 Å². The van der Waals surface area contributed by atoms with Gasteiger partial charge in [0.15, 0.2) is 5.96 Å². The Kier molecular flexibility index (Phi) is 10.7. The zero-order chi connectivity index (χ0) is 20.6. The summed E-state index contributed by atoms with van der Waals surface area (Å²) < 4.78 is 7.54. The van der Waals surface area contributed by atoms with Gasteiger partial charge in [0, 0.05) is 33.4 Å². The molecular weight excluding hydrogens is 477 g/mol. The Bertz CT molecular complexity index is 752. The molecule has 0 fully saturated rings. The van der Waals surface area contributed by atoms with Crippen molar-refractivity contribution in [1.82, 2.24) is 20.4 Å². The van der Waals surface area contributed by atoms with Crippen molar-refractivity contribution >= 4 is 29.9 Å². The molecule has 0 radical (unpaired) electrons. The predicted octanol–water partition coefficient (Wildman–Crippen LogP) is 3.96. The lowest BCUT2D eigenvalue weighted by atomic mass is 9.89. The molecule has 6 nitrogen and oxygen atoms in total. The molecule has 7 heteroatoms. The Morgan fingerprint density at radius 3 is 2.48 bits per heavy atom. The van der Waals surface area contributed by atoms with Crippen molar-refractivity contribution in [2.24, 2.45) is 10.4 Å². The Balaban J connectivity index is 0.00000420. The molecule has 0 aliphatic heterocycles. The third-order valence-corrected chi connectivity index (χ3v) is 4.87. The van der Waals surface area contributed by atoms with E-state index in [9.17, 15) is 0 Å². The smallest absolute Gasteiger partial charge is 0.191 e. The van der Waals surface area contributed by atoms with Crippen LogP contribution in [-0.4, -0.2) is 49.1 Å². The molecule has 1 unspecified atom stereocenters.